The number of methoxy groups -OCH3 is 1. The molecule has 4 heteroatoms. The highest BCUT2D eigenvalue weighted by molar-refractivity contribution is 6.32. The summed E-state index contributed by atoms with van der Waals surface area (Å²) in [5, 5.41) is 1.21. The van der Waals surface area contributed by atoms with Gasteiger partial charge in [-0.2, -0.15) is 0 Å². The van der Waals surface area contributed by atoms with E-state index < -0.39 is 0 Å². The van der Waals surface area contributed by atoms with Gasteiger partial charge in [0.05, 0.1) is 12.1 Å². The first kappa shape index (κ1) is 17.0. The lowest BCUT2D eigenvalue weighted by atomic mass is 9.87. The molecule has 0 aliphatic rings. The third kappa shape index (κ3) is 3.88. The van der Waals surface area contributed by atoms with E-state index in [0.29, 0.717) is 28.2 Å². The predicted octanol–water partition coefficient (Wildman–Crippen LogP) is 5.88. The molecule has 0 aromatic heterocycles. The zero-order chi connectivity index (χ0) is 16.3. The van der Waals surface area contributed by atoms with Crippen molar-refractivity contribution in [3.05, 3.63) is 57.6 Å². The molecule has 0 saturated heterocycles. The van der Waals surface area contributed by atoms with E-state index in [2.05, 4.69) is 20.8 Å². The molecule has 2 aromatic rings. The van der Waals surface area contributed by atoms with Crippen LogP contribution in [0.2, 0.25) is 10.0 Å². The normalized spacial score (nSPS) is 11.4. The van der Waals surface area contributed by atoms with Gasteiger partial charge in [0.25, 0.3) is 0 Å². The molecule has 0 heterocycles. The van der Waals surface area contributed by atoms with E-state index in [1.807, 2.05) is 36.4 Å². The monoisotopic (exact) mass is 338 g/mol. The summed E-state index contributed by atoms with van der Waals surface area (Å²) in [6.45, 7) is 6.72. The van der Waals surface area contributed by atoms with Gasteiger partial charge in [0.1, 0.15) is 6.61 Å². The Morgan fingerprint density at radius 2 is 1.68 bits per heavy atom. The van der Waals surface area contributed by atoms with Crippen molar-refractivity contribution in [2.75, 3.05) is 7.11 Å². The van der Waals surface area contributed by atoms with Gasteiger partial charge in [-0.1, -0.05) is 62.2 Å². The minimum atomic E-state index is -0.0157. The summed E-state index contributed by atoms with van der Waals surface area (Å²) in [6, 6.07) is 11.5. The Bertz CT molecular complexity index is 661. The largest absolute Gasteiger partial charge is 0.493 e. The van der Waals surface area contributed by atoms with Crippen LogP contribution in [0.5, 0.6) is 11.5 Å². The van der Waals surface area contributed by atoms with Gasteiger partial charge in [-0.15, -0.1) is 0 Å². The summed E-state index contributed by atoms with van der Waals surface area (Å²) in [7, 11) is 1.61. The van der Waals surface area contributed by atoms with E-state index in [0.717, 1.165) is 11.1 Å². The maximum absolute atomic E-state index is 6.39. The van der Waals surface area contributed by atoms with E-state index in [-0.39, 0.29) is 5.41 Å². The van der Waals surface area contributed by atoms with Crippen molar-refractivity contribution in [3.63, 3.8) is 0 Å². The van der Waals surface area contributed by atoms with Crippen molar-refractivity contribution < 1.29 is 9.47 Å². The van der Waals surface area contributed by atoms with Crippen molar-refractivity contribution in [3.8, 4) is 11.5 Å². The average Bonchev–Trinajstić information content (AvgIpc) is 2.45. The van der Waals surface area contributed by atoms with E-state index >= 15 is 0 Å². The van der Waals surface area contributed by atoms with Gasteiger partial charge in [-0.25, -0.2) is 0 Å². The highest BCUT2D eigenvalue weighted by atomic mass is 35.5. The first-order valence-electron chi connectivity index (χ1n) is 7.07. The summed E-state index contributed by atoms with van der Waals surface area (Å²) in [6.07, 6.45) is 0. The van der Waals surface area contributed by atoms with Gasteiger partial charge in [-0.05, 0) is 29.2 Å². The SMILES string of the molecule is COc1cc(C(C)(C)C)cc(Cl)c1OCc1ccccc1Cl. The second-order valence-electron chi connectivity index (χ2n) is 6.12. The van der Waals surface area contributed by atoms with Gasteiger partial charge in [-0.3, -0.25) is 0 Å². The van der Waals surface area contributed by atoms with Crippen molar-refractivity contribution in [2.45, 2.75) is 32.8 Å². The molecule has 0 radical (unpaired) electrons. The van der Waals surface area contributed by atoms with Gasteiger partial charge >= 0.3 is 0 Å². The van der Waals surface area contributed by atoms with Crippen LogP contribution in [0.3, 0.4) is 0 Å². The molecule has 2 rings (SSSR count). The van der Waals surface area contributed by atoms with Crippen LogP contribution >= 0.6 is 23.2 Å². The summed E-state index contributed by atoms with van der Waals surface area (Å²) >= 11 is 12.5. The van der Waals surface area contributed by atoms with Gasteiger partial charge in [0, 0.05) is 10.6 Å². The highest BCUT2D eigenvalue weighted by Crippen LogP contribution is 2.40. The Labute approximate surface area is 142 Å². The van der Waals surface area contributed by atoms with Crippen molar-refractivity contribution in [1.29, 1.82) is 0 Å². The molecule has 0 fully saturated rings. The number of hydrogen-bond donors (Lipinski definition) is 0. The van der Waals surface area contributed by atoms with Gasteiger partial charge in [0.15, 0.2) is 11.5 Å². The minimum absolute atomic E-state index is 0.0157. The topological polar surface area (TPSA) is 18.5 Å². The van der Waals surface area contributed by atoms with Crippen LogP contribution in [0.4, 0.5) is 0 Å². The van der Waals surface area contributed by atoms with Crippen LogP contribution in [0.25, 0.3) is 0 Å². The maximum Gasteiger partial charge on any atom is 0.180 e. The first-order valence-corrected chi connectivity index (χ1v) is 7.82. The van der Waals surface area contributed by atoms with Gasteiger partial charge in [0.2, 0.25) is 0 Å². The Kier molecular flexibility index (Phi) is 5.25. The summed E-state index contributed by atoms with van der Waals surface area (Å²) in [5.41, 5.74) is 1.99. The lowest BCUT2D eigenvalue weighted by molar-refractivity contribution is 0.284. The van der Waals surface area contributed by atoms with Gasteiger partial charge < -0.3 is 9.47 Å². The Balaban J connectivity index is 2.29. The molecule has 0 N–H and O–H groups in total. The number of hydrogen-bond acceptors (Lipinski definition) is 2. The van der Waals surface area contributed by atoms with E-state index in [9.17, 15) is 0 Å². The molecule has 118 valence electrons. The molecular formula is C18H20Cl2O2. The second-order valence-corrected chi connectivity index (χ2v) is 6.93. The number of rotatable bonds is 4. The maximum atomic E-state index is 6.39. The Morgan fingerprint density at radius 1 is 1.00 bits per heavy atom. The summed E-state index contributed by atoms with van der Waals surface area (Å²) < 4.78 is 11.3. The molecule has 2 aromatic carbocycles. The molecule has 0 aliphatic heterocycles. The molecule has 2 nitrogen and oxygen atoms in total. The van der Waals surface area contributed by atoms with E-state index in [1.54, 1.807) is 7.11 Å². The molecule has 0 unspecified atom stereocenters. The fraction of sp³-hybridized carbons (Fsp3) is 0.333. The minimum Gasteiger partial charge on any atom is -0.493 e. The number of benzene rings is 2. The third-order valence-corrected chi connectivity index (χ3v) is 4.07. The Morgan fingerprint density at radius 3 is 2.27 bits per heavy atom. The fourth-order valence-electron chi connectivity index (χ4n) is 2.06. The number of ether oxygens (including phenoxy) is 2. The van der Waals surface area contributed by atoms with Crippen molar-refractivity contribution >= 4 is 23.2 Å². The standard InChI is InChI=1S/C18H20Cl2O2/c1-18(2,3)13-9-15(20)17(16(10-13)21-4)22-11-12-7-5-6-8-14(12)19/h5-10H,11H2,1-4H3. The molecule has 0 saturated carbocycles. The zero-order valence-corrected chi connectivity index (χ0v) is 14.8. The van der Waals surface area contributed by atoms with Crippen LogP contribution in [-0.4, -0.2) is 7.11 Å². The van der Waals surface area contributed by atoms with Crippen molar-refractivity contribution in [2.24, 2.45) is 0 Å². The lowest BCUT2D eigenvalue weighted by Crippen LogP contribution is -2.11. The molecule has 0 aliphatic carbocycles. The molecule has 22 heavy (non-hydrogen) atoms. The summed E-state index contributed by atoms with van der Waals surface area (Å²) in [5.74, 6) is 1.17. The predicted molar refractivity (Wildman–Crippen MR) is 92.5 cm³/mol. The lowest BCUT2D eigenvalue weighted by Gasteiger charge is -2.22. The second kappa shape index (κ2) is 6.80. The van der Waals surface area contributed by atoms with E-state index in [1.165, 1.54) is 0 Å². The van der Waals surface area contributed by atoms with Crippen LogP contribution in [0.1, 0.15) is 31.9 Å². The smallest absolute Gasteiger partial charge is 0.180 e. The quantitative estimate of drug-likeness (QED) is 0.693. The van der Waals surface area contributed by atoms with Crippen LogP contribution in [0, 0.1) is 0 Å². The first-order chi connectivity index (χ1) is 10.3. The summed E-state index contributed by atoms with van der Waals surface area (Å²) in [4.78, 5) is 0. The zero-order valence-electron chi connectivity index (χ0n) is 13.2. The fourth-order valence-corrected chi connectivity index (χ4v) is 2.51. The van der Waals surface area contributed by atoms with Crippen molar-refractivity contribution in [1.82, 2.24) is 0 Å². The molecular weight excluding hydrogens is 319 g/mol. The molecule has 0 spiro atoms. The number of halogens is 2. The molecule has 0 amide bonds. The van der Waals surface area contributed by atoms with Crippen LogP contribution in [0.15, 0.2) is 36.4 Å². The molecule has 0 atom stereocenters. The Hall–Kier alpha value is -1.38. The molecule has 0 bridgehead atoms. The third-order valence-electron chi connectivity index (χ3n) is 3.43. The van der Waals surface area contributed by atoms with Crippen LogP contribution < -0.4 is 9.47 Å². The average molecular weight is 339 g/mol. The highest BCUT2D eigenvalue weighted by Gasteiger charge is 2.20. The van der Waals surface area contributed by atoms with Crippen LogP contribution in [-0.2, 0) is 12.0 Å². The van der Waals surface area contributed by atoms with E-state index in [4.69, 9.17) is 32.7 Å².